The Kier molecular flexibility index (Phi) is 6.36. The first kappa shape index (κ1) is 19.2. The van der Waals surface area contributed by atoms with Crippen LogP contribution in [0.4, 0.5) is 4.79 Å². The van der Waals surface area contributed by atoms with Crippen LogP contribution in [0.15, 0.2) is 41.4 Å². The molecular weight excluding hydrogens is 388 g/mol. The molecule has 1 heterocycles. The molecule has 0 aliphatic carbocycles. The lowest BCUT2D eigenvalue weighted by molar-refractivity contribution is -0.151. The summed E-state index contributed by atoms with van der Waals surface area (Å²) in [6, 6.07) is 6.96. The van der Waals surface area contributed by atoms with Gasteiger partial charge in [-0.3, -0.25) is 9.59 Å². The van der Waals surface area contributed by atoms with Crippen molar-refractivity contribution in [1.82, 2.24) is 9.80 Å². The van der Waals surface area contributed by atoms with E-state index in [9.17, 15) is 14.4 Å². The lowest BCUT2D eigenvalue weighted by atomic mass is 9.88. The average molecular weight is 409 g/mol. The summed E-state index contributed by atoms with van der Waals surface area (Å²) in [6.07, 6.45) is 1.54. The molecule has 7 heteroatoms. The van der Waals surface area contributed by atoms with E-state index in [0.29, 0.717) is 0 Å². The Hall–Kier alpha value is -2.15. The first-order chi connectivity index (χ1) is 11.8. The molecule has 134 valence electrons. The van der Waals surface area contributed by atoms with Gasteiger partial charge in [-0.15, -0.1) is 6.58 Å². The Bertz CT molecular complexity index is 672. The van der Waals surface area contributed by atoms with Crippen LogP contribution in [0, 0.1) is 5.92 Å². The molecule has 1 unspecified atom stereocenters. The summed E-state index contributed by atoms with van der Waals surface area (Å²) >= 11 is 3.37. The Morgan fingerprint density at radius 3 is 2.52 bits per heavy atom. The fourth-order valence-electron chi connectivity index (χ4n) is 2.70. The monoisotopic (exact) mass is 408 g/mol. The van der Waals surface area contributed by atoms with Crippen molar-refractivity contribution in [3.8, 4) is 0 Å². The quantitative estimate of drug-likeness (QED) is 0.394. The van der Waals surface area contributed by atoms with Crippen molar-refractivity contribution in [1.29, 1.82) is 0 Å². The summed E-state index contributed by atoms with van der Waals surface area (Å²) in [5.74, 6) is -1.30. The summed E-state index contributed by atoms with van der Waals surface area (Å²) in [5, 5.41) is 0. The Labute approximate surface area is 155 Å². The third kappa shape index (κ3) is 4.48. The molecule has 3 amide bonds. The molecule has 0 bridgehead atoms. The molecule has 1 aliphatic rings. The summed E-state index contributed by atoms with van der Waals surface area (Å²) in [4.78, 5) is 38.9. The van der Waals surface area contributed by atoms with Gasteiger partial charge in [0.25, 0.3) is 5.91 Å². The van der Waals surface area contributed by atoms with Gasteiger partial charge in [-0.25, -0.2) is 9.69 Å². The predicted octanol–water partition coefficient (Wildman–Crippen LogP) is 3.14. The Morgan fingerprint density at radius 2 is 1.96 bits per heavy atom. The number of nitrogens with zero attached hydrogens (tertiary/aromatic N) is 2. The van der Waals surface area contributed by atoms with E-state index in [4.69, 9.17) is 4.74 Å². The number of amides is 3. The van der Waals surface area contributed by atoms with Crippen LogP contribution in [-0.4, -0.2) is 47.5 Å². The van der Waals surface area contributed by atoms with Crippen LogP contribution in [0.2, 0.25) is 0 Å². The highest BCUT2D eigenvalue weighted by molar-refractivity contribution is 9.10. The van der Waals surface area contributed by atoms with Crippen LogP contribution >= 0.6 is 15.9 Å². The van der Waals surface area contributed by atoms with Gasteiger partial charge < -0.3 is 9.64 Å². The van der Waals surface area contributed by atoms with Gasteiger partial charge in [0.05, 0.1) is 5.92 Å². The van der Waals surface area contributed by atoms with Crippen molar-refractivity contribution < 1.29 is 19.1 Å². The predicted molar refractivity (Wildman–Crippen MR) is 96.7 cm³/mol. The largest absolute Gasteiger partial charge is 0.443 e. The van der Waals surface area contributed by atoms with E-state index < -0.39 is 17.9 Å². The van der Waals surface area contributed by atoms with Gasteiger partial charge in [0.1, 0.15) is 6.54 Å². The fourth-order valence-corrected chi connectivity index (χ4v) is 2.96. The highest BCUT2D eigenvalue weighted by Gasteiger charge is 2.36. The maximum absolute atomic E-state index is 12.5. The van der Waals surface area contributed by atoms with Crippen LogP contribution < -0.4 is 0 Å². The van der Waals surface area contributed by atoms with Crippen molar-refractivity contribution in [2.75, 3.05) is 19.8 Å². The first-order valence-electron chi connectivity index (χ1n) is 7.97. The smallest absolute Gasteiger partial charge is 0.330 e. The number of carbonyl (C=O) groups excluding carboxylic acids is 3. The van der Waals surface area contributed by atoms with E-state index in [1.807, 2.05) is 38.1 Å². The van der Waals surface area contributed by atoms with Gasteiger partial charge in [0.15, 0.2) is 6.73 Å². The zero-order valence-electron chi connectivity index (χ0n) is 14.3. The van der Waals surface area contributed by atoms with Crippen LogP contribution in [0.3, 0.4) is 0 Å². The molecule has 0 saturated carbocycles. The number of hydrogen-bond acceptors (Lipinski definition) is 4. The minimum absolute atomic E-state index is 0.0101. The molecule has 1 aromatic rings. The lowest BCUT2D eigenvalue weighted by Gasteiger charge is -2.22. The van der Waals surface area contributed by atoms with E-state index in [1.165, 1.54) is 4.90 Å². The fraction of sp³-hybridized carbons (Fsp3) is 0.389. The number of carbonyl (C=O) groups is 3. The molecule has 1 aromatic carbocycles. The summed E-state index contributed by atoms with van der Waals surface area (Å²) < 4.78 is 6.20. The number of halogens is 1. The SMILES string of the molecule is C=CCN1CC(=O)N(COC(=O)C(c2ccc(Br)cc2)C(C)C)C1=O. The van der Waals surface area contributed by atoms with Crippen LogP contribution in [-0.2, 0) is 14.3 Å². The van der Waals surface area contributed by atoms with E-state index in [1.54, 1.807) is 6.08 Å². The van der Waals surface area contributed by atoms with E-state index in [2.05, 4.69) is 22.5 Å². The molecule has 0 aromatic heterocycles. The van der Waals surface area contributed by atoms with Crippen LogP contribution in [0.1, 0.15) is 25.3 Å². The highest BCUT2D eigenvalue weighted by Crippen LogP contribution is 2.27. The molecule has 1 atom stereocenters. The van der Waals surface area contributed by atoms with Crippen molar-refractivity contribution in [3.63, 3.8) is 0 Å². The highest BCUT2D eigenvalue weighted by atomic mass is 79.9. The second-order valence-electron chi connectivity index (χ2n) is 6.14. The van der Waals surface area contributed by atoms with E-state index in [-0.39, 0.29) is 31.6 Å². The second kappa shape index (κ2) is 8.29. The Morgan fingerprint density at radius 1 is 1.32 bits per heavy atom. The van der Waals surface area contributed by atoms with Crippen molar-refractivity contribution in [2.24, 2.45) is 5.92 Å². The molecule has 1 aliphatic heterocycles. The van der Waals surface area contributed by atoms with E-state index in [0.717, 1.165) is 14.9 Å². The van der Waals surface area contributed by atoms with Gasteiger partial charge in [0.2, 0.25) is 0 Å². The molecule has 1 saturated heterocycles. The molecule has 0 radical (unpaired) electrons. The summed E-state index contributed by atoms with van der Waals surface area (Å²) in [7, 11) is 0. The number of hydrogen-bond donors (Lipinski definition) is 0. The standard InChI is InChI=1S/C18H21BrN2O4/c1-4-9-20-10-15(22)21(18(20)24)11-25-17(23)16(12(2)3)13-5-7-14(19)8-6-13/h4-8,12,16H,1,9-11H2,2-3H3. The lowest BCUT2D eigenvalue weighted by Crippen LogP contribution is -2.36. The number of urea groups is 1. The third-order valence-corrected chi connectivity index (χ3v) is 4.49. The number of imide groups is 1. The number of ether oxygens (including phenoxy) is 1. The number of rotatable bonds is 7. The van der Waals surface area contributed by atoms with Crippen LogP contribution in [0.25, 0.3) is 0 Å². The molecule has 25 heavy (non-hydrogen) atoms. The average Bonchev–Trinajstić information content (AvgIpc) is 2.81. The molecule has 0 N–H and O–H groups in total. The minimum Gasteiger partial charge on any atom is -0.443 e. The topological polar surface area (TPSA) is 66.9 Å². The van der Waals surface area contributed by atoms with Crippen LogP contribution in [0.5, 0.6) is 0 Å². The molecule has 2 rings (SSSR count). The molecule has 0 spiro atoms. The van der Waals surface area contributed by atoms with Gasteiger partial charge in [-0.2, -0.15) is 0 Å². The second-order valence-corrected chi connectivity index (χ2v) is 7.05. The normalized spacial score (nSPS) is 15.7. The van der Waals surface area contributed by atoms with Crippen molar-refractivity contribution >= 4 is 33.8 Å². The Balaban J connectivity index is 2.04. The third-order valence-electron chi connectivity index (χ3n) is 3.96. The van der Waals surface area contributed by atoms with Gasteiger partial charge >= 0.3 is 12.0 Å². The first-order valence-corrected chi connectivity index (χ1v) is 8.76. The molecule has 6 nitrogen and oxygen atoms in total. The maximum Gasteiger partial charge on any atom is 0.330 e. The maximum atomic E-state index is 12.5. The van der Waals surface area contributed by atoms with Gasteiger partial charge in [-0.05, 0) is 23.6 Å². The molecule has 1 fully saturated rings. The minimum atomic E-state index is -0.470. The molecular formula is C18H21BrN2O4. The number of benzene rings is 1. The zero-order chi connectivity index (χ0) is 18.6. The van der Waals surface area contributed by atoms with Gasteiger partial charge in [0, 0.05) is 11.0 Å². The van der Waals surface area contributed by atoms with Gasteiger partial charge in [-0.1, -0.05) is 48.0 Å². The zero-order valence-corrected chi connectivity index (χ0v) is 15.9. The van der Waals surface area contributed by atoms with Crippen molar-refractivity contribution in [3.05, 3.63) is 47.0 Å². The van der Waals surface area contributed by atoms with Crippen molar-refractivity contribution in [2.45, 2.75) is 19.8 Å². The summed E-state index contributed by atoms with van der Waals surface area (Å²) in [5.41, 5.74) is 0.829. The van der Waals surface area contributed by atoms with E-state index >= 15 is 0 Å². The summed E-state index contributed by atoms with van der Waals surface area (Å²) in [6.45, 7) is 7.28. The number of esters is 1.